The zero-order valence-corrected chi connectivity index (χ0v) is 25.1. The molecule has 5 aromatic rings. The van der Waals surface area contributed by atoms with E-state index in [1.54, 1.807) is 0 Å². The summed E-state index contributed by atoms with van der Waals surface area (Å²) in [7, 11) is 0. The minimum absolute atomic E-state index is 0.115. The van der Waals surface area contributed by atoms with E-state index >= 15 is 0 Å². The van der Waals surface area contributed by atoms with Crippen molar-refractivity contribution in [3.8, 4) is 22.5 Å². The molecular weight excluding hydrogens is 546 g/mol. The number of benzene rings is 3. The Morgan fingerprint density at radius 1 is 0.905 bits per heavy atom. The maximum absolute atomic E-state index is 13.8. The van der Waals surface area contributed by atoms with Crippen molar-refractivity contribution in [1.82, 2.24) is 35.1 Å². The first-order valence-corrected chi connectivity index (χ1v) is 14.9. The number of hydrogen-bond donors (Lipinski definition) is 1. The fraction of sp³-hybridized carbons (Fsp3) is 0.303. The second-order valence-electron chi connectivity index (χ2n) is 10.3. The molecule has 1 N–H and O–H groups in total. The number of carbonyl (C=O) groups excluding carboxylic acids is 1. The third kappa shape index (κ3) is 6.50. The molecule has 0 atom stereocenters. The molecule has 2 aromatic heterocycles. The Morgan fingerprint density at radius 2 is 1.60 bits per heavy atom. The second-order valence-corrected chi connectivity index (χ2v) is 10.7. The number of aromatic nitrogens is 6. The quantitative estimate of drug-likeness (QED) is 0.153. The number of carbonyl (C=O) groups is 1. The lowest BCUT2D eigenvalue weighted by Gasteiger charge is -2.18. The lowest BCUT2D eigenvalue weighted by molar-refractivity contribution is 0.103. The highest BCUT2D eigenvalue weighted by Crippen LogP contribution is 2.30. The van der Waals surface area contributed by atoms with E-state index in [0.717, 1.165) is 67.0 Å². The van der Waals surface area contributed by atoms with Gasteiger partial charge < -0.3 is 4.57 Å². The van der Waals surface area contributed by atoms with Crippen molar-refractivity contribution in [3.63, 3.8) is 0 Å². The summed E-state index contributed by atoms with van der Waals surface area (Å²) in [5.74, 6) is 1.26. The van der Waals surface area contributed by atoms with Gasteiger partial charge in [0.1, 0.15) is 11.5 Å². The van der Waals surface area contributed by atoms with Crippen LogP contribution in [0.5, 0.6) is 0 Å². The Labute approximate surface area is 251 Å². The van der Waals surface area contributed by atoms with Gasteiger partial charge in [0.25, 0.3) is 0 Å². The SMILES string of the molecule is CCCCc1nc(Cl)c(C(=O)c2ccc(CN(CC)CC)cc2)n1Cc1ccc(-c2ccccc2-c2nn[nH]n2)cc1. The van der Waals surface area contributed by atoms with Gasteiger partial charge in [-0.05, 0) is 47.0 Å². The molecule has 5 rings (SSSR count). The van der Waals surface area contributed by atoms with Gasteiger partial charge in [-0.25, -0.2) is 4.98 Å². The standard InChI is InChI=1S/C33H36ClN7O/c1-4-7-12-29-35-32(34)30(31(42)26-19-15-23(16-20-26)21-40(5-2)6-3)41(29)22-24-13-17-25(18-14-24)27-10-8-9-11-28(27)33-36-38-39-37-33/h8-11,13-20H,4-7,12,21-22H2,1-3H3,(H,36,37,38,39). The first kappa shape index (κ1) is 29.4. The summed E-state index contributed by atoms with van der Waals surface area (Å²) in [5.41, 5.74) is 6.22. The Bertz CT molecular complexity index is 1610. The minimum atomic E-state index is -0.115. The summed E-state index contributed by atoms with van der Waals surface area (Å²) < 4.78 is 1.99. The maximum atomic E-state index is 13.8. The van der Waals surface area contributed by atoms with Gasteiger partial charge in [0, 0.05) is 30.6 Å². The van der Waals surface area contributed by atoms with Crippen LogP contribution in [-0.4, -0.2) is 53.9 Å². The van der Waals surface area contributed by atoms with E-state index in [2.05, 4.69) is 75.5 Å². The molecule has 0 spiro atoms. The summed E-state index contributed by atoms with van der Waals surface area (Å²) in [5, 5.41) is 14.8. The highest BCUT2D eigenvalue weighted by molar-refractivity contribution is 6.33. The number of H-pyrrole nitrogens is 1. The molecule has 0 unspecified atom stereocenters. The number of aryl methyl sites for hydroxylation is 1. The number of unbranched alkanes of at least 4 members (excludes halogenated alkanes) is 1. The third-order valence-corrected chi connectivity index (χ3v) is 7.87. The monoisotopic (exact) mass is 581 g/mol. The highest BCUT2D eigenvalue weighted by atomic mass is 35.5. The third-order valence-electron chi connectivity index (χ3n) is 7.61. The molecule has 42 heavy (non-hydrogen) atoms. The zero-order chi connectivity index (χ0) is 29.5. The van der Waals surface area contributed by atoms with Gasteiger partial charge in [0.15, 0.2) is 5.15 Å². The van der Waals surface area contributed by atoms with Gasteiger partial charge in [-0.15, -0.1) is 10.2 Å². The average molecular weight is 582 g/mol. The lowest BCUT2D eigenvalue weighted by Crippen LogP contribution is -2.22. The highest BCUT2D eigenvalue weighted by Gasteiger charge is 2.23. The predicted octanol–water partition coefficient (Wildman–Crippen LogP) is 6.85. The Morgan fingerprint density at radius 3 is 2.24 bits per heavy atom. The van der Waals surface area contributed by atoms with Crippen LogP contribution in [0.25, 0.3) is 22.5 Å². The van der Waals surface area contributed by atoms with Crippen molar-refractivity contribution < 1.29 is 4.79 Å². The number of ketones is 1. The maximum Gasteiger partial charge on any atom is 0.212 e. The van der Waals surface area contributed by atoms with Gasteiger partial charge in [-0.1, -0.05) is 112 Å². The number of imidazole rings is 1. The second kappa shape index (κ2) is 13.7. The molecule has 0 saturated heterocycles. The van der Waals surface area contributed by atoms with E-state index in [0.29, 0.717) is 23.6 Å². The molecule has 9 heteroatoms. The number of tetrazole rings is 1. The van der Waals surface area contributed by atoms with E-state index in [4.69, 9.17) is 11.6 Å². The Kier molecular flexibility index (Phi) is 9.56. The van der Waals surface area contributed by atoms with Crippen molar-refractivity contribution >= 4 is 17.4 Å². The normalized spacial score (nSPS) is 11.4. The fourth-order valence-corrected chi connectivity index (χ4v) is 5.45. The van der Waals surface area contributed by atoms with Crippen LogP contribution in [0.3, 0.4) is 0 Å². The van der Waals surface area contributed by atoms with Gasteiger partial charge >= 0.3 is 0 Å². The van der Waals surface area contributed by atoms with Crippen LogP contribution in [0.15, 0.2) is 72.8 Å². The van der Waals surface area contributed by atoms with Crippen molar-refractivity contribution in [2.75, 3.05) is 13.1 Å². The molecule has 0 aliphatic rings. The molecule has 0 amide bonds. The van der Waals surface area contributed by atoms with Crippen LogP contribution in [0.1, 0.15) is 66.6 Å². The van der Waals surface area contributed by atoms with Gasteiger partial charge in [-0.2, -0.15) is 5.21 Å². The van der Waals surface area contributed by atoms with Crippen LogP contribution in [0.4, 0.5) is 0 Å². The molecule has 216 valence electrons. The van der Waals surface area contributed by atoms with Crippen LogP contribution in [0, 0.1) is 0 Å². The minimum Gasteiger partial charge on any atom is -0.319 e. The molecule has 8 nitrogen and oxygen atoms in total. The number of aromatic amines is 1. The Balaban J connectivity index is 1.43. The number of hydrogen-bond acceptors (Lipinski definition) is 6. The number of rotatable bonds is 13. The number of nitrogens with one attached hydrogen (secondary N) is 1. The number of halogens is 1. The fourth-order valence-electron chi connectivity index (χ4n) is 5.16. The molecule has 0 fully saturated rings. The van der Waals surface area contributed by atoms with Crippen molar-refractivity contribution in [1.29, 1.82) is 0 Å². The van der Waals surface area contributed by atoms with E-state index < -0.39 is 0 Å². The Hall–Kier alpha value is -4.14. The molecule has 0 aliphatic heterocycles. The van der Waals surface area contributed by atoms with E-state index in [1.165, 1.54) is 5.56 Å². The molecule has 3 aromatic carbocycles. The lowest BCUT2D eigenvalue weighted by atomic mass is 9.98. The van der Waals surface area contributed by atoms with Gasteiger partial charge in [0.05, 0.1) is 0 Å². The molecule has 0 radical (unpaired) electrons. The van der Waals surface area contributed by atoms with E-state index in [9.17, 15) is 4.79 Å². The first-order chi connectivity index (χ1) is 20.5. The largest absolute Gasteiger partial charge is 0.319 e. The van der Waals surface area contributed by atoms with Gasteiger partial charge in [-0.3, -0.25) is 9.69 Å². The van der Waals surface area contributed by atoms with Crippen LogP contribution in [-0.2, 0) is 19.5 Å². The van der Waals surface area contributed by atoms with Crippen molar-refractivity contribution in [2.24, 2.45) is 0 Å². The molecule has 0 saturated carbocycles. The summed E-state index contributed by atoms with van der Waals surface area (Å²) >= 11 is 6.67. The summed E-state index contributed by atoms with van der Waals surface area (Å²) in [4.78, 5) is 20.8. The van der Waals surface area contributed by atoms with Gasteiger partial charge in [0.2, 0.25) is 11.6 Å². The average Bonchev–Trinajstić information content (AvgIpc) is 3.67. The van der Waals surface area contributed by atoms with Crippen LogP contribution < -0.4 is 0 Å². The van der Waals surface area contributed by atoms with Crippen LogP contribution >= 0.6 is 11.6 Å². The predicted molar refractivity (Wildman–Crippen MR) is 167 cm³/mol. The number of nitrogens with zero attached hydrogens (tertiary/aromatic N) is 6. The smallest absolute Gasteiger partial charge is 0.212 e. The topological polar surface area (TPSA) is 92.6 Å². The van der Waals surface area contributed by atoms with E-state index in [1.807, 2.05) is 53.1 Å². The summed E-state index contributed by atoms with van der Waals surface area (Å²) in [6, 6.07) is 24.2. The van der Waals surface area contributed by atoms with Crippen molar-refractivity contribution in [3.05, 3.63) is 106 Å². The molecule has 2 heterocycles. The first-order valence-electron chi connectivity index (χ1n) is 14.5. The molecular formula is C33H36ClN7O. The summed E-state index contributed by atoms with van der Waals surface area (Å²) in [6.07, 6.45) is 2.74. The van der Waals surface area contributed by atoms with Crippen LogP contribution in [0.2, 0.25) is 5.15 Å². The van der Waals surface area contributed by atoms with Crippen molar-refractivity contribution in [2.45, 2.75) is 53.1 Å². The molecule has 0 bridgehead atoms. The summed E-state index contributed by atoms with van der Waals surface area (Å²) in [6.45, 7) is 9.78. The molecule has 0 aliphatic carbocycles. The zero-order valence-electron chi connectivity index (χ0n) is 24.3. The van der Waals surface area contributed by atoms with E-state index in [-0.39, 0.29) is 10.9 Å².